The first-order chi connectivity index (χ1) is 9.47. The third kappa shape index (κ3) is 3.46. The van der Waals surface area contributed by atoms with E-state index in [4.69, 9.17) is 5.73 Å². The molecule has 1 aromatic carbocycles. The molecule has 0 spiro atoms. The fraction of sp³-hybridized carbons (Fsp3) is 0.286. The van der Waals surface area contributed by atoms with E-state index in [-0.39, 0.29) is 0 Å². The summed E-state index contributed by atoms with van der Waals surface area (Å²) in [5, 5.41) is 7.58. The maximum absolute atomic E-state index is 11.2. The van der Waals surface area contributed by atoms with E-state index >= 15 is 0 Å². The first-order valence-electron chi connectivity index (χ1n) is 6.34. The highest BCUT2D eigenvalue weighted by atomic mass is 79.9. The van der Waals surface area contributed by atoms with Crippen LogP contribution in [0.5, 0.6) is 0 Å². The zero-order valence-corrected chi connectivity index (χ0v) is 13.0. The molecule has 0 atom stereocenters. The average Bonchev–Trinajstić information content (AvgIpc) is 2.86. The first-order valence-corrected chi connectivity index (χ1v) is 7.13. The van der Waals surface area contributed by atoms with Crippen LogP contribution < -0.4 is 11.1 Å². The number of halogens is 1. The van der Waals surface area contributed by atoms with Gasteiger partial charge in [0.1, 0.15) is 0 Å². The van der Waals surface area contributed by atoms with E-state index < -0.39 is 5.91 Å². The summed E-state index contributed by atoms with van der Waals surface area (Å²) in [6.45, 7) is 4.92. The van der Waals surface area contributed by atoms with Crippen molar-refractivity contribution in [1.82, 2.24) is 15.1 Å². The molecule has 0 fully saturated rings. The van der Waals surface area contributed by atoms with Crippen LogP contribution in [0.25, 0.3) is 5.69 Å². The largest absolute Gasteiger partial charge is 0.366 e. The SMILES string of the molecule is CC(C)NCc1ccc(Br)cc1-n1cc(C(N)=O)cn1. The van der Waals surface area contributed by atoms with E-state index in [1.54, 1.807) is 10.9 Å². The summed E-state index contributed by atoms with van der Waals surface area (Å²) in [6, 6.07) is 6.37. The molecule has 106 valence electrons. The minimum atomic E-state index is -0.479. The van der Waals surface area contributed by atoms with Crippen LogP contribution in [0.3, 0.4) is 0 Å². The Morgan fingerprint density at radius 3 is 2.85 bits per heavy atom. The molecule has 0 saturated carbocycles. The van der Waals surface area contributed by atoms with Crippen LogP contribution in [0.15, 0.2) is 35.1 Å². The fourth-order valence-corrected chi connectivity index (χ4v) is 2.14. The summed E-state index contributed by atoms with van der Waals surface area (Å²) in [5.74, 6) is -0.479. The predicted molar refractivity (Wildman–Crippen MR) is 81.8 cm³/mol. The number of primary amides is 1. The van der Waals surface area contributed by atoms with Crippen molar-refractivity contribution in [3.63, 3.8) is 0 Å². The van der Waals surface area contributed by atoms with Crippen molar-refractivity contribution in [3.8, 4) is 5.69 Å². The van der Waals surface area contributed by atoms with Gasteiger partial charge in [-0.2, -0.15) is 5.10 Å². The number of rotatable bonds is 5. The van der Waals surface area contributed by atoms with Gasteiger partial charge in [0, 0.05) is 23.3 Å². The van der Waals surface area contributed by atoms with Crippen molar-refractivity contribution < 1.29 is 4.79 Å². The summed E-state index contributed by atoms with van der Waals surface area (Å²) < 4.78 is 2.62. The Morgan fingerprint density at radius 1 is 1.50 bits per heavy atom. The highest BCUT2D eigenvalue weighted by molar-refractivity contribution is 9.10. The van der Waals surface area contributed by atoms with Crippen LogP contribution in [0.4, 0.5) is 0 Å². The fourth-order valence-electron chi connectivity index (χ4n) is 1.80. The Hall–Kier alpha value is -1.66. The molecule has 2 rings (SSSR count). The van der Waals surface area contributed by atoms with Crippen LogP contribution >= 0.6 is 15.9 Å². The normalized spacial score (nSPS) is 11.0. The zero-order valence-electron chi connectivity index (χ0n) is 11.4. The second-order valence-electron chi connectivity index (χ2n) is 4.85. The van der Waals surface area contributed by atoms with Crippen LogP contribution in [0.1, 0.15) is 29.8 Å². The lowest BCUT2D eigenvalue weighted by atomic mass is 10.1. The van der Waals surface area contributed by atoms with Gasteiger partial charge in [0.05, 0.1) is 17.4 Å². The number of nitrogens with zero attached hydrogens (tertiary/aromatic N) is 2. The van der Waals surface area contributed by atoms with E-state index in [9.17, 15) is 4.79 Å². The molecule has 2 aromatic rings. The van der Waals surface area contributed by atoms with Crippen molar-refractivity contribution in [3.05, 3.63) is 46.2 Å². The Bertz CT molecular complexity index is 621. The number of hydrogen-bond donors (Lipinski definition) is 2. The highest BCUT2D eigenvalue weighted by Gasteiger charge is 2.10. The smallest absolute Gasteiger partial charge is 0.251 e. The van der Waals surface area contributed by atoms with Gasteiger partial charge >= 0.3 is 0 Å². The quantitative estimate of drug-likeness (QED) is 0.879. The van der Waals surface area contributed by atoms with Gasteiger partial charge in [0.15, 0.2) is 0 Å². The molecule has 20 heavy (non-hydrogen) atoms. The third-order valence-electron chi connectivity index (χ3n) is 2.86. The number of nitrogens with one attached hydrogen (secondary N) is 1. The van der Waals surface area contributed by atoms with E-state index in [1.807, 2.05) is 18.2 Å². The van der Waals surface area contributed by atoms with Gasteiger partial charge in [-0.1, -0.05) is 35.8 Å². The van der Waals surface area contributed by atoms with Crippen molar-refractivity contribution in [2.45, 2.75) is 26.4 Å². The summed E-state index contributed by atoms with van der Waals surface area (Å²) in [4.78, 5) is 11.2. The minimum Gasteiger partial charge on any atom is -0.366 e. The number of benzene rings is 1. The molecule has 0 aliphatic rings. The van der Waals surface area contributed by atoms with Gasteiger partial charge < -0.3 is 11.1 Å². The summed E-state index contributed by atoms with van der Waals surface area (Å²) >= 11 is 3.46. The lowest BCUT2D eigenvalue weighted by Gasteiger charge is -2.13. The molecule has 3 N–H and O–H groups in total. The van der Waals surface area contributed by atoms with Gasteiger partial charge in [-0.25, -0.2) is 4.68 Å². The molecule has 0 aliphatic heterocycles. The molecule has 0 aliphatic carbocycles. The van der Waals surface area contributed by atoms with Crippen LogP contribution in [-0.4, -0.2) is 21.7 Å². The molecule has 1 amide bonds. The van der Waals surface area contributed by atoms with Crippen molar-refractivity contribution in [2.24, 2.45) is 5.73 Å². The minimum absolute atomic E-state index is 0.394. The highest BCUT2D eigenvalue weighted by Crippen LogP contribution is 2.20. The molecule has 0 unspecified atom stereocenters. The molecular formula is C14H17BrN4O. The monoisotopic (exact) mass is 336 g/mol. The van der Waals surface area contributed by atoms with E-state index in [2.05, 4.69) is 40.2 Å². The van der Waals surface area contributed by atoms with Gasteiger partial charge in [0.2, 0.25) is 0 Å². The van der Waals surface area contributed by atoms with Gasteiger partial charge in [-0.05, 0) is 17.7 Å². The molecule has 6 heteroatoms. The van der Waals surface area contributed by atoms with Crippen molar-refractivity contribution in [1.29, 1.82) is 0 Å². The van der Waals surface area contributed by atoms with Crippen LogP contribution in [0.2, 0.25) is 0 Å². The summed E-state index contributed by atoms with van der Waals surface area (Å²) in [7, 11) is 0. The number of carbonyl (C=O) groups excluding carboxylic acids is 1. The number of carbonyl (C=O) groups is 1. The number of aromatic nitrogens is 2. The van der Waals surface area contributed by atoms with E-state index in [0.29, 0.717) is 11.6 Å². The van der Waals surface area contributed by atoms with E-state index in [1.165, 1.54) is 6.20 Å². The maximum Gasteiger partial charge on any atom is 0.251 e. The summed E-state index contributed by atoms with van der Waals surface area (Å²) in [5.41, 5.74) is 7.67. The molecule has 0 radical (unpaired) electrons. The van der Waals surface area contributed by atoms with Crippen LogP contribution in [0, 0.1) is 0 Å². The molecule has 5 nitrogen and oxygen atoms in total. The molecular weight excluding hydrogens is 320 g/mol. The van der Waals surface area contributed by atoms with Gasteiger partial charge in [-0.15, -0.1) is 0 Å². The van der Waals surface area contributed by atoms with Gasteiger partial charge in [-0.3, -0.25) is 4.79 Å². The Morgan fingerprint density at radius 2 is 2.25 bits per heavy atom. The molecule has 1 heterocycles. The topological polar surface area (TPSA) is 72.9 Å². The second-order valence-corrected chi connectivity index (χ2v) is 5.76. The number of amides is 1. The lowest BCUT2D eigenvalue weighted by molar-refractivity contribution is 0.100. The third-order valence-corrected chi connectivity index (χ3v) is 3.36. The van der Waals surface area contributed by atoms with Crippen molar-refractivity contribution >= 4 is 21.8 Å². The maximum atomic E-state index is 11.2. The zero-order chi connectivity index (χ0) is 14.7. The molecule has 0 bridgehead atoms. The van der Waals surface area contributed by atoms with Gasteiger partial charge in [0.25, 0.3) is 5.91 Å². The first kappa shape index (κ1) is 14.7. The lowest BCUT2D eigenvalue weighted by Crippen LogP contribution is -2.22. The van der Waals surface area contributed by atoms with Crippen LogP contribution in [-0.2, 0) is 6.54 Å². The predicted octanol–water partition coefficient (Wildman–Crippen LogP) is 2.23. The summed E-state index contributed by atoms with van der Waals surface area (Å²) in [6.07, 6.45) is 3.12. The number of nitrogens with two attached hydrogens (primary N) is 1. The Labute approximate surface area is 126 Å². The Kier molecular flexibility index (Phi) is 4.57. The Balaban J connectivity index is 2.37. The average molecular weight is 337 g/mol. The van der Waals surface area contributed by atoms with Crippen molar-refractivity contribution in [2.75, 3.05) is 0 Å². The number of hydrogen-bond acceptors (Lipinski definition) is 3. The molecule has 1 aromatic heterocycles. The second kappa shape index (κ2) is 6.19. The van der Waals surface area contributed by atoms with E-state index in [0.717, 1.165) is 22.3 Å². The molecule has 0 saturated heterocycles. The standard InChI is InChI=1S/C14H17BrN4O/c1-9(2)17-6-10-3-4-12(15)5-13(10)19-8-11(7-18-19)14(16)20/h3-5,7-9,17H,6H2,1-2H3,(H2,16,20).